The summed E-state index contributed by atoms with van der Waals surface area (Å²) in [6.07, 6.45) is 1.83. The smallest absolute Gasteiger partial charge is 0.225 e. The summed E-state index contributed by atoms with van der Waals surface area (Å²) in [5.41, 5.74) is 1.77. The highest BCUT2D eigenvalue weighted by atomic mass is 35.5. The average Bonchev–Trinajstić information content (AvgIpc) is 3.10. The third-order valence-electron chi connectivity index (χ3n) is 3.57. The van der Waals surface area contributed by atoms with Crippen molar-refractivity contribution in [3.8, 4) is 0 Å². The van der Waals surface area contributed by atoms with Crippen LogP contribution >= 0.6 is 11.6 Å². The van der Waals surface area contributed by atoms with Crippen molar-refractivity contribution in [2.45, 2.75) is 12.5 Å². The maximum Gasteiger partial charge on any atom is 0.225 e. The predicted molar refractivity (Wildman–Crippen MR) is 90.3 cm³/mol. The fourth-order valence-electron chi connectivity index (χ4n) is 2.45. The van der Waals surface area contributed by atoms with Crippen molar-refractivity contribution in [3.63, 3.8) is 0 Å². The molecule has 3 nitrogen and oxygen atoms in total. The topological polar surface area (TPSA) is 42.2 Å². The van der Waals surface area contributed by atoms with Gasteiger partial charge in [0.05, 0.1) is 12.7 Å². The molecule has 0 radical (unpaired) electrons. The van der Waals surface area contributed by atoms with E-state index in [0.29, 0.717) is 10.8 Å². The van der Waals surface area contributed by atoms with Crippen molar-refractivity contribution < 1.29 is 9.21 Å². The molecular weight excluding hydrogens is 310 g/mol. The summed E-state index contributed by atoms with van der Waals surface area (Å²) in [7, 11) is 0. The van der Waals surface area contributed by atoms with Crippen LogP contribution in [0.25, 0.3) is 0 Å². The Morgan fingerprint density at radius 2 is 1.74 bits per heavy atom. The minimum atomic E-state index is -0.318. The summed E-state index contributed by atoms with van der Waals surface area (Å²) in [5.74, 6) is 0.590. The van der Waals surface area contributed by atoms with Crippen LogP contribution in [0.4, 0.5) is 0 Å². The number of hydrogen-bond acceptors (Lipinski definition) is 2. The van der Waals surface area contributed by atoms with Crippen molar-refractivity contribution in [3.05, 3.63) is 94.9 Å². The highest BCUT2D eigenvalue weighted by Gasteiger charge is 2.19. The number of nitrogens with one attached hydrogen (secondary N) is 1. The lowest BCUT2D eigenvalue weighted by Gasteiger charge is -2.17. The third kappa shape index (κ3) is 3.82. The molecule has 1 heterocycles. The quantitative estimate of drug-likeness (QED) is 0.756. The van der Waals surface area contributed by atoms with Crippen molar-refractivity contribution in [1.82, 2.24) is 5.32 Å². The van der Waals surface area contributed by atoms with Crippen LogP contribution in [-0.2, 0) is 11.2 Å². The Labute approximate surface area is 139 Å². The molecule has 2 aromatic carbocycles. The van der Waals surface area contributed by atoms with Crippen LogP contribution in [0.1, 0.15) is 22.9 Å². The van der Waals surface area contributed by atoms with Gasteiger partial charge in [0.1, 0.15) is 11.8 Å². The average molecular weight is 326 g/mol. The summed E-state index contributed by atoms with van der Waals surface area (Å²) in [6, 6.07) is 20.4. The van der Waals surface area contributed by atoms with Crippen LogP contribution in [0.2, 0.25) is 5.02 Å². The van der Waals surface area contributed by atoms with Gasteiger partial charge in [-0.05, 0) is 29.3 Å². The van der Waals surface area contributed by atoms with E-state index in [4.69, 9.17) is 16.0 Å². The molecule has 0 fully saturated rings. The molecule has 1 amide bonds. The SMILES string of the molecule is O=C(Cc1ccccc1Cl)NC(c1ccccc1)c1ccco1. The van der Waals surface area contributed by atoms with Crippen LogP contribution in [0.3, 0.4) is 0 Å². The van der Waals surface area contributed by atoms with Crippen LogP contribution < -0.4 is 5.32 Å². The van der Waals surface area contributed by atoms with Gasteiger partial charge >= 0.3 is 0 Å². The predicted octanol–water partition coefficient (Wildman–Crippen LogP) is 4.38. The summed E-state index contributed by atoms with van der Waals surface area (Å²) in [5, 5.41) is 3.61. The molecule has 1 atom stereocenters. The van der Waals surface area contributed by atoms with E-state index in [1.54, 1.807) is 12.3 Å². The van der Waals surface area contributed by atoms with Crippen LogP contribution in [0.5, 0.6) is 0 Å². The fraction of sp³-hybridized carbons (Fsp3) is 0.105. The highest BCUT2D eigenvalue weighted by Crippen LogP contribution is 2.23. The molecule has 0 aliphatic carbocycles. The first-order valence-electron chi connectivity index (χ1n) is 7.35. The number of amides is 1. The lowest BCUT2D eigenvalue weighted by atomic mass is 10.0. The van der Waals surface area contributed by atoms with E-state index in [9.17, 15) is 4.79 Å². The van der Waals surface area contributed by atoms with Gasteiger partial charge in [0.15, 0.2) is 0 Å². The number of hydrogen-bond donors (Lipinski definition) is 1. The molecule has 0 aliphatic rings. The monoisotopic (exact) mass is 325 g/mol. The molecule has 3 aromatic rings. The van der Waals surface area contributed by atoms with Gasteiger partial charge in [-0.2, -0.15) is 0 Å². The third-order valence-corrected chi connectivity index (χ3v) is 3.94. The van der Waals surface area contributed by atoms with Crippen LogP contribution in [0, 0.1) is 0 Å². The second kappa shape index (κ2) is 7.16. The molecule has 4 heteroatoms. The van der Waals surface area contributed by atoms with Gasteiger partial charge in [0.25, 0.3) is 0 Å². The summed E-state index contributed by atoms with van der Waals surface area (Å²) >= 11 is 6.12. The minimum Gasteiger partial charge on any atom is -0.467 e. The van der Waals surface area contributed by atoms with Gasteiger partial charge in [-0.25, -0.2) is 0 Å². The van der Waals surface area contributed by atoms with Gasteiger partial charge < -0.3 is 9.73 Å². The summed E-state index contributed by atoms with van der Waals surface area (Å²) < 4.78 is 5.48. The standard InChI is InChI=1S/C19H16ClNO2/c20-16-10-5-4-9-15(16)13-18(22)21-19(17-11-6-12-23-17)14-7-2-1-3-8-14/h1-12,19H,13H2,(H,21,22). The lowest BCUT2D eigenvalue weighted by Crippen LogP contribution is -2.30. The molecule has 3 rings (SSSR count). The molecule has 0 aliphatic heterocycles. The van der Waals surface area contributed by atoms with E-state index < -0.39 is 0 Å². The molecule has 1 aromatic heterocycles. The van der Waals surface area contributed by atoms with Gasteiger partial charge in [-0.15, -0.1) is 0 Å². The van der Waals surface area contributed by atoms with Gasteiger partial charge in [0.2, 0.25) is 5.91 Å². The molecule has 116 valence electrons. The molecule has 23 heavy (non-hydrogen) atoms. The second-order valence-corrected chi connectivity index (χ2v) is 5.60. The fourth-order valence-corrected chi connectivity index (χ4v) is 2.65. The van der Waals surface area contributed by atoms with Gasteiger partial charge in [-0.3, -0.25) is 4.79 Å². The molecule has 1 N–H and O–H groups in total. The Kier molecular flexibility index (Phi) is 4.79. The maximum atomic E-state index is 12.4. The molecule has 0 saturated carbocycles. The Balaban J connectivity index is 1.79. The van der Waals surface area contributed by atoms with Crippen molar-refractivity contribution in [1.29, 1.82) is 0 Å². The zero-order valence-corrected chi connectivity index (χ0v) is 13.2. The Morgan fingerprint density at radius 1 is 1.00 bits per heavy atom. The van der Waals surface area contributed by atoms with Gasteiger partial charge in [0, 0.05) is 5.02 Å². The largest absolute Gasteiger partial charge is 0.467 e. The molecule has 1 unspecified atom stereocenters. The lowest BCUT2D eigenvalue weighted by molar-refractivity contribution is -0.121. The number of furan rings is 1. The second-order valence-electron chi connectivity index (χ2n) is 5.19. The van der Waals surface area contributed by atoms with E-state index >= 15 is 0 Å². The zero-order chi connectivity index (χ0) is 16.1. The number of rotatable bonds is 5. The molecule has 0 spiro atoms. The van der Waals surface area contributed by atoms with E-state index in [1.165, 1.54) is 0 Å². The highest BCUT2D eigenvalue weighted by molar-refractivity contribution is 6.31. The summed E-state index contributed by atoms with van der Waals surface area (Å²) in [6.45, 7) is 0. The van der Waals surface area contributed by atoms with Crippen LogP contribution in [-0.4, -0.2) is 5.91 Å². The normalized spacial score (nSPS) is 11.9. The zero-order valence-electron chi connectivity index (χ0n) is 12.4. The Bertz CT molecular complexity index is 769. The number of carbonyl (C=O) groups excluding carboxylic acids is 1. The number of benzene rings is 2. The summed E-state index contributed by atoms with van der Waals surface area (Å²) in [4.78, 5) is 12.4. The Hall–Kier alpha value is -2.52. The number of carbonyl (C=O) groups is 1. The first-order valence-corrected chi connectivity index (χ1v) is 7.73. The van der Waals surface area contributed by atoms with Gasteiger partial charge in [-0.1, -0.05) is 60.1 Å². The van der Waals surface area contributed by atoms with E-state index in [2.05, 4.69) is 5.32 Å². The molecule has 0 bridgehead atoms. The minimum absolute atomic E-state index is 0.108. The van der Waals surface area contributed by atoms with E-state index in [1.807, 2.05) is 60.7 Å². The van der Waals surface area contributed by atoms with Crippen molar-refractivity contribution in [2.75, 3.05) is 0 Å². The molecular formula is C19H16ClNO2. The molecule has 0 saturated heterocycles. The number of halogens is 1. The van der Waals surface area contributed by atoms with E-state index in [0.717, 1.165) is 11.1 Å². The van der Waals surface area contributed by atoms with Crippen molar-refractivity contribution >= 4 is 17.5 Å². The van der Waals surface area contributed by atoms with Crippen molar-refractivity contribution in [2.24, 2.45) is 0 Å². The first kappa shape index (κ1) is 15.4. The van der Waals surface area contributed by atoms with Crippen LogP contribution in [0.15, 0.2) is 77.4 Å². The van der Waals surface area contributed by atoms with E-state index in [-0.39, 0.29) is 18.4 Å². The Morgan fingerprint density at radius 3 is 2.43 bits per heavy atom. The maximum absolute atomic E-state index is 12.4. The first-order chi connectivity index (χ1) is 11.2.